The Balaban J connectivity index is 1.64. The van der Waals surface area contributed by atoms with Crippen molar-refractivity contribution in [1.82, 2.24) is 19.7 Å². The lowest BCUT2D eigenvalue weighted by Crippen LogP contribution is -2.41. The Bertz CT molecular complexity index is 659. The normalized spacial score (nSPS) is 18.4. The number of nitrogens with two attached hydrogens (primary N) is 1. The Morgan fingerprint density at radius 1 is 1.38 bits per heavy atom. The third-order valence-corrected chi connectivity index (χ3v) is 4.28. The number of hydrogen-bond acceptors (Lipinski definition) is 5. The molecular weight excluding hydrogens is 306 g/mol. The second-order valence-corrected chi connectivity index (χ2v) is 6.14. The van der Waals surface area contributed by atoms with E-state index in [2.05, 4.69) is 21.0 Å². The van der Waals surface area contributed by atoms with Crippen LogP contribution in [-0.4, -0.2) is 44.8 Å². The number of nitrogens with zero attached hydrogens (tertiary/aromatic N) is 4. The predicted molar refractivity (Wildman–Crippen MR) is 89.2 cm³/mol. The van der Waals surface area contributed by atoms with Gasteiger partial charge in [-0.1, -0.05) is 18.6 Å². The summed E-state index contributed by atoms with van der Waals surface area (Å²) in [5.74, 6) is 0.209. The summed E-state index contributed by atoms with van der Waals surface area (Å²) in [5, 5.41) is 4.22. The smallest absolute Gasteiger partial charge is 0.255 e. The highest BCUT2D eigenvalue weighted by Gasteiger charge is 2.23. The lowest BCUT2D eigenvalue weighted by atomic mass is 10.0. The number of primary amides is 1. The van der Waals surface area contributed by atoms with Crippen LogP contribution >= 0.6 is 0 Å². The molecule has 1 unspecified atom stereocenters. The minimum absolute atomic E-state index is 0.0951. The van der Waals surface area contributed by atoms with Gasteiger partial charge in [0.05, 0.1) is 6.54 Å². The van der Waals surface area contributed by atoms with Gasteiger partial charge in [0.1, 0.15) is 18.4 Å². The number of carbonyl (C=O) groups is 1. The van der Waals surface area contributed by atoms with Crippen LogP contribution in [0.2, 0.25) is 0 Å². The van der Waals surface area contributed by atoms with Crippen molar-refractivity contribution in [1.29, 1.82) is 0 Å². The summed E-state index contributed by atoms with van der Waals surface area (Å²) in [4.78, 5) is 17.4. The first-order chi connectivity index (χ1) is 11.7. The number of aromatic nitrogens is 3. The molecule has 128 valence electrons. The van der Waals surface area contributed by atoms with Gasteiger partial charge < -0.3 is 10.5 Å². The predicted octanol–water partition coefficient (Wildman–Crippen LogP) is 1.20. The number of carbonyl (C=O) groups excluding carboxylic acids is 1. The number of likely N-dealkylation sites (tertiary alicyclic amines) is 1. The number of piperidine rings is 1. The van der Waals surface area contributed by atoms with Crippen molar-refractivity contribution in [2.24, 2.45) is 5.73 Å². The molecule has 2 N–H and O–H groups in total. The molecule has 2 aromatic rings. The Morgan fingerprint density at radius 3 is 3.08 bits per heavy atom. The molecule has 7 heteroatoms. The molecule has 2 heterocycles. The van der Waals surface area contributed by atoms with Gasteiger partial charge in [0.15, 0.2) is 6.61 Å². The summed E-state index contributed by atoms with van der Waals surface area (Å²) in [6.45, 7) is 2.69. The Kier molecular flexibility index (Phi) is 5.43. The van der Waals surface area contributed by atoms with Gasteiger partial charge in [-0.15, -0.1) is 0 Å². The molecule has 0 aliphatic carbocycles. The van der Waals surface area contributed by atoms with Gasteiger partial charge in [0, 0.05) is 12.6 Å². The lowest BCUT2D eigenvalue weighted by molar-refractivity contribution is -0.119. The Labute approximate surface area is 141 Å². The number of benzene rings is 1. The molecule has 0 saturated carbocycles. The summed E-state index contributed by atoms with van der Waals surface area (Å²) in [5.41, 5.74) is 6.29. The van der Waals surface area contributed by atoms with Crippen LogP contribution in [0.5, 0.6) is 5.75 Å². The molecule has 0 spiro atoms. The van der Waals surface area contributed by atoms with Crippen LogP contribution in [-0.2, 0) is 17.9 Å². The fraction of sp³-hybridized carbons (Fsp3) is 0.471. The summed E-state index contributed by atoms with van der Waals surface area (Å²) >= 11 is 0. The molecule has 7 nitrogen and oxygen atoms in total. The molecule has 1 saturated heterocycles. The van der Waals surface area contributed by atoms with Gasteiger partial charge in [-0.25, -0.2) is 4.98 Å². The molecule has 1 aromatic heterocycles. The lowest BCUT2D eigenvalue weighted by Gasteiger charge is -2.35. The number of rotatable bonds is 7. The average Bonchev–Trinajstić information content (AvgIpc) is 3.08. The van der Waals surface area contributed by atoms with E-state index in [-0.39, 0.29) is 6.61 Å². The van der Waals surface area contributed by atoms with Crippen LogP contribution in [0.4, 0.5) is 0 Å². The van der Waals surface area contributed by atoms with Crippen LogP contribution in [0.3, 0.4) is 0 Å². The zero-order valence-electron chi connectivity index (χ0n) is 13.7. The molecule has 1 atom stereocenters. The van der Waals surface area contributed by atoms with Crippen molar-refractivity contribution in [3.63, 3.8) is 0 Å². The van der Waals surface area contributed by atoms with E-state index in [0.29, 0.717) is 11.8 Å². The standard InChI is InChI=1S/C17H23N5O2/c18-17(23)11-24-16-6-3-4-14(8-16)9-21-7-2-1-5-15(21)10-22-13-19-12-20-22/h3-4,6,8,12-13,15H,1-2,5,7,9-11H2,(H2,18,23). The topological polar surface area (TPSA) is 86.3 Å². The van der Waals surface area contributed by atoms with E-state index in [1.54, 1.807) is 12.7 Å². The van der Waals surface area contributed by atoms with Crippen molar-refractivity contribution >= 4 is 5.91 Å². The van der Waals surface area contributed by atoms with Gasteiger partial charge in [-0.2, -0.15) is 5.10 Å². The highest BCUT2D eigenvalue weighted by atomic mass is 16.5. The molecule has 1 aliphatic rings. The number of amides is 1. The summed E-state index contributed by atoms with van der Waals surface area (Å²) in [7, 11) is 0. The van der Waals surface area contributed by atoms with Gasteiger partial charge >= 0.3 is 0 Å². The van der Waals surface area contributed by atoms with Crippen molar-refractivity contribution in [2.45, 2.75) is 38.4 Å². The second-order valence-electron chi connectivity index (χ2n) is 6.14. The van der Waals surface area contributed by atoms with Gasteiger partial charge in [-0.05, 0) is 37.1 Å². The first kappa shape index (κ1) is 16.4. The van der Waals surface area contributed by atoms with E-state index in [4.69, 9.17) is 10.5 Å². The Hall–Kier alpha value is -2.41. The van der Waals surface area contributed by atoms with Crippen molar-refractivity contribution in [2.75, 3.05) is 13.2 Å². The van der Waals surface area contributed by atoms with Crippen LogP contribution in [0, 0.1) is 0 Å². The maximum absolute atomic E-state index is 10.8. The minimum atomic E-state index is -0.468. The highest BCUT2D eigenvalue weighted by molar-refractivity contribution is 5.75. The van der Waals surface area contributed by atoms with E-state index in [0.717, 1.165) is 26.1 Å². The third kappa shape index (κ3) is 4.55. The quantitative estimate of drug-likeness (QED) is 0.825. The average molecular weight is 329 g/mol. The van der Waals surface area contributed by atoms with Gasteiger partial charge in [0.25, 0.3) is 5.91 Å². The van der Waals surface area contributed by atoms with Crippen molar-refractivity contribution in [3.8, 4) is 5.75 Å². The largest absolute Gasteiger partial charge is 0.484 e. The molecule has 1 fully saturated rings. The Morgan fingerprint density at radius 2 is 2.29 bits per heavy atom. The van der Waals surface area contributed by atoms with Crippen LogP contribution in [0.25, 0.3) is 0 Å². The van der Waals surface area contributed by atoms with Crippen molar-refractivity contribution in [3.05, 3.63) is 42.5 Å². The molecule has 1 aliphatic heterocycles. The highest BCUT2D eigenvalue weighted by Crippen LogP contribution is 2.22. The van der Waals surface area contributed by atoms with E-state index in [1.165, 1.54) is 18.4 Å². The molecule has 3 rings (SSSR count). The zero-order valence-corrected chi connectivity index (χ0v) is 13.7. The molecule has 1 amide bonds. The van der Waals surface area contributed by atoms with Crippen LogP contribution in [0.1, 0.15) is 24.8 Å². The van der Waals surface area contributed by atoms with Crippen LogP contribution in [0.15, 0.2) is 36.9 Å². The number of hydrogen-bond donors (Lipinski definition) is 1. The number of ether oxygens (including phenoxy) is 1. The van der Waals surface area contributed by atoms with E-state index in [1.807, 2.05) is 22.9 Å². The summed E-state index contributed by atoms with van der Waals surface area (Å²) in [6, 6.07) is 8.30. The zero-order chi connectivity index (χ0) is 16.8. The van der Waals surface area contributed by atoms with Crippen molar-refractivity contribution < 1.29 is 9.53 Å². The fourth-order valence-electron chi connectivity index (χ4n) is 3.14. The fourth-order valence-corrected chi connectivity index (χ4v) is 3.14. The summed E-state index contributed by atoms with van der Waals surface area (Å²) < 4.78 is 7.29. The monoisotopic (exact) mass is 329 g/mol. The van der Waals surface area contributed by atoms with Gasteiger partial charge in [-0.3, -0.25) is 14.4 Å². The second kappa shape index (κ2) is 7.92. The van der Waals surface area contributed by atoms with Gasteiger partial charge in [0.2, 0.25) is 0 Å². The van der Waals surface area contributed by atoms with E-state index < -0.39 is 5.91 Å². The molecule has 1 aromatic carbocycles. The molecule has 24 heavy (non-hydrogen) atoms. The SMILES string of the molecule is NC(=O)COc1cccc(CN2CCCCC2Cn2cncn2)c1. The third-order valence-electron chi connectivity index (χ3n) is 4.28. The van der Waals surface area contributed by atoms with E-state index >= 15 is 0 Å². The maximum Gasteiger partial charge on any atom is 0.255 e. The first-order valence-electron chi connectivity index (χ1n) is 8.27. The molecule has 0 bridgehead atoms. The maximum atomic E-state index is 10.8. The summed E-state index contributed by atoms with van der Waals surface area (Å²) in [6.07, 6.45) is 6.97. The van der Waals surface area contributed by atoms with E-state index in [9.17, 15) is 4.79 Å². The first-order valence-corrected chi connectivity index (χ1v) is 8.27. The molecular formula is C17H23N5O2. The molecule has 0 radical (unpaired) electrons. The minimum Gasteiger partial charge on any atom is -0.484 e. The van der Waals surface area contributed by atoms with Crippen LogP contribution < -0.4 is 10.5 Å².